The molecule has 3 atom stereocenters. The summed E-state index contributed by atoms with van der Waals surface area (Å²) in [6.45, 7) is 6.40. The van der Waals surface area contributed by atoms with Crippen LogP contribution in [0.2, 0.25) is 0 Å². The molecule has 12 heavy (non-hydrogen) atoms. The first-order valence-electron chi connectivity index (χ1n) is 4.92. The van der Waals surface area contributed by atoms with Crippen LogP contribution in [0, 0.1) is 5.41 Å². The molecule has 1 unspecified atom stereocenters. The van der Waals surface area contributed by atoms with Crippen LogP contribution in [0.3, 0.4) is 0 Å². The van der Waals surface area contributed by atoms with Crippen LogP contribution in [0.25, 0.3) is 0 Å². The molecule has 2 heterocycles. The molecule has 0 aliphatic carbocycles. The van der Waals surface area contributed by atoms with Crippen LogP contribution in [-0.2, 0) is 0 Å². The van der Waals surface area contributed by atoms with E-state index in [-0.39, 0.29) is 5.41 Å². The highest BCUT2D eigenvalue weighted by atomic mass is 16.3. The second-order valence-corrected chi connectivity index (χ2v) is 5.37. The van der Waals surface area contributed by atoms with Gasteiger partial charge >= 0.3 is 0 Å². The van der Waals surface area contributed by atoms with Crippen molar-refractivity contribution in [1.29, 1.82) is 0 Å². The van der Waals surface area contributed by atoms with Crippen LogP contribution >= 0.6 is 0 Å². The Morgan fingerprint density at radius 2 is 2.00 bits per heavy atom. The van der Waals surface area contributed by atoms with Gasteiger partial charge < -0.3 is 10.4 Å². The summed E-state index contributed by atoms with van der Waals surface area (Å²) in [6.07, 6.45) is 3.35. The molecule has 0 aromatic rings. The minimum absolute atomic E-state index is 0.0137. The van der Waals surface area contributed by atoms with E-state index < -0.39 is 5.60 Å². The van der Waals surface area contributed by atoms with E-state index in [0.717, 1.165) is 12.8 Å². The van der Waals surface area contributed by atoms with E-state index in [2.05, 4.69) is 26.1 Å². The van der Waals surface area contributed by atoms with E-state index in [0.29, 0.717) is 12.1 Å². The first kappa shape index (κ1) is 8.52. The molecule has 2 saturated heterocycles. The summed E-state index contributed by atoms with van der Waals surface area (Å²) in [5.74, 6) is 0. The summed E-state index contributed by atoms with van der Waals surface area (Å²) in [4.78, 5) is 0. The Bertz CT molecular complexity index is 197. The zero-order valence-corrected chi connectivity index (χ0v) is 8.22. The molecule has 70 valence electrons. The fourth-order valence-electron chi connectivity index (χ4n) is 2.70. The fraction of sp³-hybridized carbons (Fsp3) is 1.00. The lowest BCUT2D eigenvalue weighted by molar-refractivity contribution is -0.0752. The topological polar surface area (TPSA) is 32.3 Å². The maximum absolute atomic E-state index is 10.5. The van der Waals surface area contributed by atoms with Crippen molar-refractivity contribution in [2.24, 2.45) is 5.41 Å². The second kappa shape index (κ2) is 2.24. The van der Waals surface area contributed by atoms with Crippen molar-refractivity contribution in [3.63, 3.8) is 0 Å². The van der Waals surface area contributed by atoms with Crippen LogP contribution in [-0.4, -0.2) is 22.8 Å². The second-order valence-electron chi connectivity index (χ2n) is 5.37. The number of rotatable bonds is 0. The van der Waals surface area contributed by atoms with Crippen molar-refractivity contribution >= 4 is 0 Å². The monoisotopic (exact) mass is 169 g/mol. The Morgan fingerprint density at radius 1 is 1.33 bits per heavy atom. The predicted molar refractivity (Wildman–Crippen MR) is 49.0 cm³/mol. The summed E-state index contributed by atoms with van der Waals surface area (Å²) in [7, 11) is 0. The van der Waals surface area contributed by atoms with Gasteiger partial charge in [-0.1, -0.05) is 20.8 Å². The van der Waals surface area contributed by atoms with Crippen LogP contribution in [0.1, 0.15) is 40.0 Å². The van der Waals surface area contributed by atoms with E-state index in [4.69, 9.17) is 0 Å². The highest BCUT2D eigenvalue weighted by Crippen LogP contribution is 2.46. The Hall–Kier alpha value is -0.0800. The summed E-state index contributed by atoms with van der Waals surface area (Å²) in [5, 5.41) is 13.9. The summed E-state index contributed by atoms with van der Waals surface area (Å²) < 4.78 is 0. The number of hydrogen-bond donors (Lipinski definition) is 2. The molecule has 0 spiro atoms. The van der Waals surface area contributed by atoms with E-state index in [1.54, 1.807) is 0 Å². The van der Waals surface area contributed by atoms with Gasteiger partial charge in [0.2, 0.25) is 0 Å². The average Bonchev–Trinajstić information content (AvgIpc) is 2.43. The zero-order valence-electron chi connectivity index (χ0n) is 8.22. The van der Waals surface area contributed by atoms with E-state index in [1.807, 2.05) is 0 Å². The highest BCUT2D eigenvalue weighted by molar-refractivity contribution is 5.12. The molecule has 0 radical (unpaired) electrons. The van der Waals surface area contributed by atoms with Crippen LogP contribution in [0.5, 0.6) is 0 Å². The van der Waals surface area contributed by atoms with Gasteiger partial charge in [-0.15, -0.1) is 0 Å². The van der Waals surface area contributed by atoms with Gasteiger partial charge in [-0.05, 0) is 24.7 Å². The Morgan fingerprint density at radius 3 is 2.25 bits per heavy atom. The molecule has 0 aromatic heterocycles. The van der Waals surface area contributed by atoms with Crippen molar-refractivity contribution in [3.8, 4) is 0 Å². The predicted octanol–water partition coefficient (Wildman–Crippen LogP) is 1.29. The lowest BCUT2D eigenvalue weighted by Gasteiger charge is -2.42. The third-order valence-corrected chi connectivity index (χ3v) is 3.67. The molecule has 2 heteroatoms. The Balaban J connectivity index is 2.23. The lowest BCUT2D eigenvalue weighted by atomic mass is 9.68. The summed E-state index contributed by atoms with van der Waals surface area (Å²) in [6, 6.07) is 0.932. The summed E-state index contributed by atoms with van der Waals surface area (Å²) in [5.41, 5.74) is -0.449. The molecular weight excluding hydrogens is 150 g/mol. The van der Waals surface area contributed by atoms with Gasteiger partial charge in [-0.25, -0.2) is 0 Å². The van der Waals surface area contributed by atoms with Crippen molar-refractivity contribution in [3.05, 3.63) is 0 Å². The Kier molecular flexibility index (Phi) is 1.59. The van der Waals surface area contributed by atoms with Crippen LogP contribution < -0.4 is 5.32 Å². The maximum Gasteiger partial charge on any atom is 0.0862 e. The van der Waals surface area contributed by atoms with Crippen molar-refractivity contribution < 1.29 is 5.11 Å². The average molecular weight is 169 g/mol. The minimum Gasteiger partial charge on any atom is -0.388 e. The third kappa shape index (κ3) is 0.944. The van der Waals surface area contributed by atoms with Gasteiger partial charge in [0.05, 0.1) is 5.60 Å². The van der Waals surface area contributed by atoms with Gasteiger partial charge in [-0.3, -0.25) is 0 Å². The molecule has 2 bridgehead atoms. The van der Waals surface area contributed by atoms with Gasteiger partial charge in [0, 0.05) is 12.1 Å². The molecule has 0 aromatic carbocycles. The van der Waals surface area contributed by atoms with Crippen molar-refractivity contribution in [1.82, 2.24) is 5.32 Å². The molecule has 2 fully saturated rings. The first-order chi connectivity index (χ1) is 5.43. The number of fused-ring (bicyclic) bond motifs is 2. The highest BCUT2D eigenvalue weighted by Gasteiger charge is 2.55. The van der Waals surface area contributed by atoms with E-state index >= 15 is 0 Å². The normalized spacial score (nSPS) is 47.0. The molecule has 0 saturated carbocycles. The van der Waals surface area contributed by atoms with Gasteiger partial charge in [0.15, 0.2) is 0 Å². The SMILES string of the molecule is CC(C)(C)C1(O)C[C@@H]2CC[C@H]1N2. The first-order valence-corrected chi connectivity index (χ1v) is 4.92. The fourth-order valence-corrected chi connectivity index (χ4v) is 2.70. The van der Waals surface area contributed by atoms with Crippen LogP contribution in [0.15, 0.2) is 0 Å². The lowest BCUT2D eigenvalue weighted by Crippen LogP contribution is -2.51. The van der Waals surface area contributed by atoms with E-state index in [1.165, 1.54) is 6.42 Å². The Labute approximate surface area is 74.4 Å². The molecular formula is C10H19NO. The third-order valence-electron chi connectivity index (χ3n) is 3.67. The molecule has 2 aliphatic heterocycles. The molecule has 0 amide bonds. The van der Waals surface area contributed by atoms with E-state index in [9.17, 15) is 5.11 Å². The van der Waals surface area contributed by atoms with Crippen LogP contribution in [0.4, 0.5) is 0 Å². The maximum atomic E-state index is 10.5. The standard InChI is InChI=1S/C10H19NO/c1-9(2,3)10(12)6-7-4-5-8(10)11-7/h7-8,11-12H,4-6H2,1-3H3/t7-,8+,10?/m0/s1. The summed E-state index contributed by atoms with van der Waals surface area (Å²) >= 11 is 0. The quantitative estimate of drug-likeness (QED) is 0.572. The molecule has 2 N–H and O–H groups in total. The van der Waals surface area contributed by atoms with Gasteiger partial charge in [0.1, 0.15) is 0 Å². The molecule has 2 rings (SSSR count). The minimum atomic E-state index is -0.462. The number of aliphatic hydroxyl groups is 1. The molecule has 2 aliphatic rings. The van der Waals surface area contributed by atoms with Crippen molar-refractivity contribution in [2.75, 3.05) is 0 Å². The smallest absolute Gasteiger partial charge is 0.0862 e. The van der Waals surface area contributed by atoms with Crippen molar-refractivity contribution in [2.45, 2.75) is 57.7 Å². The van der Waals surface area contributed by atoms with Gasteiger partial charge in [-0.2, -0.15) is 0 Å². The zero-order chi connectivity index (χ0) is 8.98. The molecule has 2 nitrogen and oxygen atoms in total. The number of hydrogen-bond acceptors (Lipinski definition) is 2. The largest absolute Gasteiger partial charge is 0.388 e. The number of nitrogens with one attached hydrogen (secondary N) is 1. The van der Waals surface area contributed by atoms with Gasteiger partial charge in [0.25, 0.3) is 0 Å².